The van der Waals surface area contributed by atoms with Gasteiger partial charge >= 0.3 is 0 Å². The van der Waals surface area contributed by atoms with Crippen molar-refractivity contribution in [1.82, 2.24) is 0 Å². The molecule has 0 unspecified atom stereocenters. The van der Waals surface area contributed by atoms with Crippen molar-refractivity contribution in [3.05, 3.63) is 34.9 Å². The number of benzene rings is 1. The van der Waals surface area contributed by atoms with Crippen molar-refractivity contribution in [2.45, 2.75) is 20.3 Å². The lowest BCUT2D eigenvalue weighted by Crippen LogP contribution is -2.10. The van der Waals surface area contributed by atoms with Crippen molar-refractivity contribution in [3.8, 4) is 0 Å². The summed E-state index contributed by atoms with van der Waals surface area (Å²) in [5, 5.41) is 3.46. The molecule has 0 saturated heterocycles. The highest BCUT2D eigenvalue weighted by atomic mass is 14.9. The van der Waals surface area contributed by atoms with Crippen LogP contribution < -0.4 is 5.32 Å². The first-order valence-electron chi connectivity index (χ1n) is 4.84. The van der Waals surface area contributed by atoms with E-state index >= 15 is 0 Å². The quantitative estimate of drug-likeness (QED) is 0.688. The largest absolute Gasteiger partial charge is 0.381 e. The molecule has 0 radical (unpaired) electrons. The van der Waals surface area contributed by atoms with Gasteiger partial charge in [-0.05, 0) is 24.5 Å². The molecule has 1 aromatic carbocycles. The zero-order valence-electron chi connectivity index (χ0n) is 8.22. The summed E-state index contributed by atoms with van der Waals surface area (Å²) < 4.78 is 0. The molecule has 0 amide bonds. The van der Waals surface area contributed by atoms with Gasteiger partial charge in [-0.1, -0.05) is 36.8 Å². The lowest BCUT2D eigenvalue weighted by Gasteiger charge is -2.19. The van der Waals surface area contributed by atoms with E-state index < -0.39 is 0 Å². The Morgan fingerprint density at radius 3 is 3.00 bits per heavy atom. The standard InChI is InChI=1S/C12H15N/c1-3-10-5-4-6-11-7-9(2)8-13-12(10)11/h4-7,13H,3,8H2,1-2H3. The zero-order chi connectivity index (χ0) is 9.26. The van der Waals surface area contributed by atoms with Crippen LogP contribution in [0, 0.1) is 0 Å². The van der Waals surface area contributed by atoms with Crippen molar-refractivity contribution in [1.29, 1.82) is 0 Å². The summed E-state index contributed by atoms with van der Waals surface area (Å²) in [4.78, 5) is 0. The lowest BCUT2D eigenvalue weighted by molar-refractivity contribution is 1.10. The van der Waals surface area contributed by atoms with E-state index in [1.54, 1.807) is 0 Å². The molecule has 1 aliphatic rings. The van der Waals surface area contributed by atoms with Gasteiger partial charge in [-0.25, -0.2) is 0 Å². The second-order valence-corrected chi connectivity index (χ2v) is 3.58. The molecule has 1 N–H and O–H groups in total. The van der Waals surface area contributed by atoms with Gasteiger partial charge < -0.3 is 5.32 Å². The summed E-state index contributed by atoms with van der Waals surface area (Å²) in [6.07, 6.45) is 3.37. The highest BCUT2D eigenvalue weighted by Gasteiger charge is 2.09. The Balaban J connectivity index is 2.52. The van der Waals surface area contributed by atoms with Gasteiger partial charge in [0.15, 0.2) is 0 Å². The van der Waals surface area contributed by atoms with Crippen LogP contribution in [0.4, 0.5) is 5.69 Å². The van der Waals surface area contributed by atoms with Crippen molar-refractivity contribution >= 4 is 11.8 Å². The van der Waals surface area contributed by atoms with Gasteiger partial charge in [-0.3, -0.25) is 0 Å². The molecule has 0 bridgehead atoms. The van der Waals surface area contributed by atoms with E-state index in [1.165, 1.54) is 22.4 Å². The summed E-state index contributed by atoms with van der Waals surface area (Å²) in [5.74, 6) is 0. The number of nitrogens with one attached hydrogen (secondary N) is 1. The van der Waals surface area contributed by atoms with Crippen LogP contribution in [0.25, 0.3) is 6.08 Å². The lowest BCUT2D eigenvalue weighted by atomic mass is 10.00. The molecule has 68 valence electrons. The average Bonchev–Trinajstić information content (AvgIpc) is 2.16. The van der Waals surface area contributed by atoms with Crippen molar-refractivity contribution in [2.24, 2.45) is 0 Å². The Kier molecular flexibility index (Phi) is 2.09. The van der Waals surface area contributed by atoms with E-state index in [9.17, 15) is 0 Å². The van der Waals surface area contributed by atoms with Crippen LogP contribution in [-0.2, 0) is 6.42 Å². The van der Waals surface area contributed by atoms with Gasteiger partial charge in [0.2, 0.25) is 0 Å². The summed E-state index contributed by atoms with van der Waals surface area (Å²) in [7, 11) is 0. The van der Waals surface area contributed by atoms with Gasteiger partial charge in [0.25, 0.3) is 0 Å². The Morgan fingerprint density at radius 1 is 1.38 bits per heavy atom. The molecule has 0 atom stereocenters. The first-order chi connectivity index (χ1) is 6.31. The van der Waals surface area contributed by atoms with Crippen LogP contribution in [0.15, 0.2) is 23.8 Å². The minimum atomic E-state index is 0.990. The summed E-state index contributed by atoms with van der Waals surface area (Å²) in [5.41, 5.74) is 5.49. The fourth-order valence-electron chi connectivity index (χ4n) is 1.79. The smallest absolute Gasteiger partial charge is 0.0448 e. The fourth-order valence-corrected chi connectivity index (χ4v) is 1.79. The monoisotopic (exact) mass is 173 g/mol. The molecular weight excluding hydrogens is 158 g/mol. The van der Waals surface area contributed by atoms with Crippen LogP contribution in [0.2, 0.25) is 0 Å². The number of rotatable bonds is 1. The van der Waals surface area contributed by atoms with Gasteiger partial charge in [0.1, 0.15) is 0 Å². The summed E-state index contributed by atoms with van der Waals surface area (Å²) in [6.45, 7) is 5.35. The topological polar surface area (TPSA) is 12.0 Å². The number of anilines is 1. The normalized spacial score (nSPS) is 14.5. The van der Waals surface area contributed by atoms with E-state index in [1.807, 2.05) is 0 Å². The zero-order valence-corrected chi connectivity index (χ0v) is 8.22. The Bertz CT molecular complexity index is 350. The highest BCUT2D eigenvalue weighted by Crippen LogP contribution is 2.27. The van der Waals surface area contributed by atoms with E-state index in [4.69, 9.17) is 0 Å². The molecule has 13 heavy (non-hydrogen) atoms. The Morgan fingerprint density at radius 2 is 2.23 bits per heavy atom. The minimum absolute atomic E-state index is 0.990. The van der Waals surface area contributed by atoms with E-state index in [0.29, 0.717) is 0 Å². The summed E-state index contributed by atoms with van der Waals surface area (Å²) in [6, 6.07) is 6.50. The molecule has 2 rings (SSSR count). The molecule has 0 fully saturated rings. The molecule has 0 aliphatic carbocycles. The third kappa shape index (κ3) is 1.46. The van der Waals surface area contributed by atoms with Crippen LogP contribution >= 0.6 is 0 Å². The predicted molar refractivity (Wildman–Crippen MR) is 58.0 cm³/mol. The molecule has 1 heterocycles. The second kappa shape index (κ2) is 3.25. The SMILES string of the molecule is CCc1cccc2c1NCC(C)=C2. The molecule has 0 spiro atoms. The fraction of sp³-hybridized carbons (Fsp3) is 0.333. The first kappa shape index (κ1) is 8.36. The van der Waals surface area contributed by atoms with Crippen molar-refractivity contribution in [3.63, 3.8) is 0 Å². The molecule has 0 saturated carbocycles. The number of hydrogen-bond donors (Lipinski definition) is 1. The molecule has 1 heteroatoms. The maximum Gasteiger partial charge on any atom is 0.0448 e. The van der Waals surface area contributed by atoms with Crippen LogP contribution in [-0.4, -0.2) is 6.54 Å². The van der Waals surface area contributed by atoms with Gasteiger partial charge in [0, 0.05) is 12.2 Å². The third-order valence-corrected chi connectivity index (χ3v) is 2.51. The van der Waals surface area contributed by atoms with E-state index in [0.717, 1.165) is 13.0 Å². The van der Waals surface area contributed by atoms with E-state index in [2.05, 4.69) is 43.4 Å². The van der Waals surface area contributed by atoms with Crippen LogP contribution in [0.3, 0.4) is 0 Å². The van der Waals surface area contributed by atoms with Crippen molar-refractivity contribution < 1.29 is 0 Å². The minimum Gasteiger partial charge on any atom is -0.381 e. The van der Waals surface area contributed by atoms with Gasteiger partial charge in [-0.2, -0.15) is 0 Å². The number of fused-ring (bicyclic) bond motifs is 1. The summed E-state index contributed by atoms with van der Waals surface area (Å²) >= 11 is 0. The molecular formula is C12H15N. The number of hydrogen-bond acceptors (Lipinski definition) is 1. The van der Waals surface area contributed by atoms with Gasteiger partial charge in [0.05, 0.1) is 0 Å². The second-order valence-electron chi connectivity index (χ2n) is 3.58. The average molecular weight is 173 g/mol. The maximum atomic E-state index is 3.46. The first-order valence-corrected chi connectivity index (χ1v) is 4.84. The van der Waals surface area contributed by atoms with Crippen molar-refractivity contribution in [2.75, 3.05) is 11.9 Å². The molecule has 0 aromatic heterocycles. The maximum absolute atomic E-state index is 3.46. The third-order valence-electron chi connectivity index (χ3n) is 2.51. The number of aryl methyl sites for hydroxylation is 1. The van der Waals surface area contributed by atoms with E-state index in [-0.39, 0.29) is 0 Å². The Hall–Kier alpha value is -1.24. The van der Waals surface area contributed by atoms with Crippen LogP contribution in [0.5, 0.6) is 0 Å². The Labute approximate surface area is 79.5 Å². The van der Waals surface area contributed by atoms with Gasteiger partial charge in [-0.15, -0.1) is 0 Å². The molecule has 1 aromatic rings. The number of para-hydroxylation sites is 1. The molecule has 1 aliphatic heterocycles. The van der Waals surface area contributed by atoms with Crippen LogP contribution in [0.1, 0.15) is 25.0 Å². The highest BCUT2D eigenvalue weighted by molar-refractivity contribution is 5.74. The predicted octanol–water partition coefficient (Wildman–Crippen LogP) is 3.08. The molecule has 1 nitrogen and oxygen atoms in total.